The summed E-state index contributed by atoms with van der Waals surface area (Å²) in [5.41, 5.74) is 2.44. The Kier molecular flexibility index (Phi) is 5.78. The van der Waals surface area contributed by atoms with Crippen molar-refractivity contribution in [3.05, 3.63) is 54.1 Å². The average Bonchev–Trinajstić information content (AvgIpc) is 2.69. The molecule has 3 rings (SSSR count). The second kappa shape index (κ2) is 8.25. The number of ketones is 1. The Morgan fingerprint density at radius 1 is 1.07 bits per heavy atom. The molecule has 2 aromatic rings. The highest BCUT2D eigenvalue weighted by molar-refractivity contribution is 6.11. The summed E-state index contributed by atoms with van der Waals surface area (Å²) in [4.78, 5) is 39.3. The third kappa shape index (κ3) is 4.22. The summed E-state index contributed by atoms with van der Waals surface area (Å²) in [5.74, 6) is 0.311. The fourth-order valence-corrected chi connectivity index (χ4v) is 3.16. The van der Waals surface area contributed by atoms with Gasteiger partial charge in [0.25, 0.3) is 5.91 Å². The van der Waals surface area contributed by atoms with Gasteiger partial charge in [0.1, 0.15) is 18.1 Å². The number of hydrogen-bond donors (Lipinski definition) is 0. The molecule has 146 valence electrons. The maximum Gasteiger partial charge on any atom is 0.268 e. The Morgan fingerprint density at radius 3 is 2.36 bits per heavy atom. The number of rotatable bonds is 6. The predicted molar refractivity (Wildman–Crippen MR) is 108 cm³/mol. The lowest BCUT2D eigenvalue weighted by atomic mass is 10.1. The van der Waals surface area contributed by atoms with Crippen LogP contribution in [-0.4, -0.2) is 37.3 Å². The zero-order valence-corrected chi connectivity index (χ0v) is 16.3. The topological polar surface area (TPSA) is 66.9 Å². The van der Waals surface area contributed by atoms with E-state index in [1.54, 1.807) is 37.9 Å². The summed E-state index contributed by atoms with van der Waals surface area (Å²) < 4.78 is 5.80. The summed E-state index contributed by atoms with van der Waals surface area (Å²) in [6, 6.07) is 14.7. The van der Waals surface area contributed by atoms with Crippen LogP contribution < -0.4 is 14.5 Å². The van der Waals surface area contributed by atoms with Gasteiger partial charge in [0.15, 0.2) is 6.10 Å². The predicted octanol–water partition coefficient (Wildman–Crippen LogP) is 2.99. The van der Waals surface area contributed by atoms with Gasteiger partial charge in [-0.25, -0.2) is 0 Å². The van der Waals surface area contributed by atoms with Crippen molar-refractivity contribution >= 4 is 29.0 Å². The van der Waals surface area contributed by atoms with Gasteiger partial charge in [-0.05, 0) is 50.1 Å². The van der Waals surface area contributed by atoms with E-state index in [9.17, 15) is 14.4 Å². The lowest BCUT2D eigenvalue weighted by Gasteiger charge is -2.35. The van der Waals surface area contributed by atoms with Crippen LogP contribution >= 0.6 is 0 Å². The lowest BCUT2D eigenvalue weighted by Crippen LogP contribution is -2.50. The number of nitrogens with zero attached hydrogens (tertiary/aromatic N) is 2. The van der Waals surface area contributed by atoms with Crippen molar-refractivity contribution in [2.45, 2.75) is 32.8 Å². The molecule has 0 radical (unpaired) electrons. The standard InChI is InChI=1S/C22H24N2O4/c1-15(25)8-9-17-10-12-18(13-11-17)28-16(2)22(27)24-14-21(26)23(3)19-6-4-5-7-20(19)24/h4-7,10-13,16H,8-9,14H2,1-3H3. The van der Waals surface area contributed by atoms with Crippen molar-refractivity contribution in [1.29, 1.82) is 0 Å². The maximum absolute atomic E-state index is 13.0. The minimum atomic E-state index is -0.743. The first-order valence-electron chi connectivity index (χ1n) is 9.29. The molecule has 0 fully saturated rings. The van der Waals surface area contributed by atoms with Gasteiger partial charge in [-0.15, -0.1) is 0 Å². The number of likely N-dealkylation sites (N-methyl/N-ethyl adjacent to an activating group) is 1. The third-order valence-electron chi connectivity index (χ3n) is 4.82. The number of anilines is 2. The quantitative estimate of drug-likeness (QED) is 0.773. The monoisotopic (exact) mass is 380 g/mol. The van der Waals surface area contributed by atoms with Gasteiger partial charge >= 0.3 is 0 Å². The van der Waals surface area contributed by atoms with Crippen LogP contribution in [0.5, 0.6) is 5.75 Å². The molecule has 0 saturated carbocycles. The fraction of sp³-hybridized carbons (Fsp3) is 0.318. The van der Waals surface area contributed by atoms with Crippen LogP contribution in [0.25, 0.3) is 0 Å². The Bertz CT molecular complexity index is 892. The molecule has 0 spiro atoms. The molecule has 1 heterocycles. The summed E-state index contributed by atoms with van der Waals surface area (Å²) in [5, 5.41) is 0. The summed E-state index contributed by atoms with van der Waals surface area (Å²) in [6.45, 7) is 3.24. The van der Waals surface area contributed by atoms with Crippen LogP contribution in [0.3, 0.4) is 0 Å². The molecule has 0 bridgehead atoms. The van der Waals surface area contributed by atoms with E-state index < -0.39 is 6.10 Å². The van der Waals surface area contributed by atoms with Crippen molar-refractivity contribution in [3.8, 4) is 5.75 Å². The number of carbonyl (C=O) groups is 3. The molecular formula is C22H24N2O4. The summed E-state index contributed by atoms with van der Waals surface area (Å²) in [6.07, 6.45) is 0.447. The Morgan fingerprint density at radius 2 is 1.71 bits per heavy atom. The van der Waals surface area contributed by atoms with Gasteiger partial charge in [-0.1, -0.05) is 24.3 Å². The first-order chi connectivity index (χ1) is 13.4. The number of carbonyl (C=O) groups excluding carboxylic acids is 3. The highest BCUT2D eigenvalue weighted by Crippen LogP contribution is 2.33. The second-order valence-corrected chi connectivity index (χ2v) is 6.97. The SMILES string of the molecule is CC(=O)CCc1ccc(OC(C)C(=O)N2CC(=O)N(C)c3ccccc32)cc1. The van der Waals surface area contributed by atoms with Gasteiger partial charge in [0.2, 0.25) is 5.91 Å². The smallest absolute Gasteiger partial charge is 0.268 e. The molecule has 1 atom stereocenters. The van der Waals surface area contributed by atoms with E-state index >= 15 is 0 Å². The molecule has 1 unspecified atom stereocenters. The number of benzene rings is 2. The Hall–Kier alpha value is -3.15. The molecule has 0 aromatic heterocycles. The van der Waals surface area contributed by atoms with Gasteiger partial charge in [-0.3, -0.25) is 14.5 Å². The number of fused-ring (bicyclic) bond motifs is 1. The number of para-hydroxylation sites is 2. The normalized spacial score (nSPS) is 14.5. The van der Waals surface area contributed by atoms with E-state index in [-0.39, 0.29) is 24.1 Å². The zero-order chi connectivity index (χ0) is 20.3. The van der Waals surface area contributed by atoms with Crippen molar-refractivity contribution in [3.63, 3.8) is 0 Å². The molecule has 6 heteroatoms. The Labute approximate surface area is 164 Å². The van der Waals surface area contributed by atoms with Crippen LogP contribution in [0.15, 0.2) is 48.5 Å². The van der Waals surface area contributed by atoms with E-state index in [2.05, 4.69) is 0 Å². The molecular weight excluding hydrogens is 356 g/mol. The first-order valence-corrected chi connectivity index (χ1v) is 9.29. The molecule has 1 aliphatic heterocycles. The van der Waals surface area contributed by atoms with E-state index in [4.69, 9.17) is 4.74 Å². The van der Waals surface area contributed by atoms with Crippen LogP contribution in [-0.2, 0) is 20.8 Å². The van der Waals surface area contributed by atoms with E-state index in [1.807, 2.05) is 36.4 Å². The molecule has 0 N–H and O–H groups in total. The van der Waals surface area contributed by atoms with Gasteiger partial charge in [0.05, 0.1) is 11.4 Å². The maximum atomic E-state index is 13.0. The van der Waals surface area contributed by atoms with Gasteiger partial charge in [0, 0.05) is 13.5 Å². The molecule has 2 aromatic carbocycles. The summed E-state index contributed by atoms with van der Waals surface area (Å²) in [7, 11) is 1.70. The minimum Gasteiger partial charge on any atom is -0.481 e. The lowest BCUT2D eigenvalue weighted by molar-refractivity contribution is -0.127. The molecule has 1 aliphatic rings. The second-order valence-electron chi connectivity index (χ2n) is 6.97. The van der Waals surface area contributed by atoms with Crippen LogP contribution in [0.4, 0.5) is 11.4 Å². The van der Waals surface area contributed by atoms with Gasteiger partial charge in [-0.2, -0.15) is 0 Å². The van der Waals surface area contributed by atoms with E-state index in [0.29, 0.717) is 30.0 Å². The molecule has 2 amide bonds. The third-order valence-corrected chi connectivity index (χ3v) is 4.82. The molecule has 6 nitrogen and oxygen atoms in total. The van der Waals surface area contributed by atoms with Crippen molar-refractivity contribution in [2.75, 3.05) is 23.4 Å². The molecule has 0 aliphatic carbocycles. The molecule has 0 saturated heterocycles. The van der Waals surface area contributed by atoms with E-state index in [1.165, 1.54) is 4.90 Å². The minimum absolute atomic E-state index is 0.00989. The summed E-state index contributed by atoms with van der Waals surface area (Å²) >= 11 is 0. The van der Waals surface area contributed by atoms with Gasteiger partial charge < -0.3 is 14.4 Å². The first kappa shape index (κ1) is 19.6. The van der Waals surface area contributed by atoms with Crippen LogP contribution in [0.1, 0.15) is 25.8 Å². The Balaban J connectivity index is 1.70. The number of amides is 2. The number of Topliss-reactive ketones (excluding diaryl/α,β-unsaturated/α-hetero) is 1. The van der Waals surface area contributed by atoms with Crippen LogP contribution in [0, 0.1) is 0 Å². The van der Waals surface area contributed by atoms with E-state index in [0.717, 1.165) is 5.56 Å². The zero-order valence-electron chi connectivity index (χ0n) is 16.3. The largest absolute Gasteiger partial charge is 0.481 e. The van der Waals surface area contributed by atoms with Crippen molar-refractivity contribution in [2.24, 2.45) is 0 Å². The number of hydrogen-bond acceptors (Lipinski definition) is 4. The number of ether oxygens (including phenoxy) is 1. The number of aryl methyl sites for hydroxylation is 1. The highest BCUT2D eigenvalue weighted by Gasteiger charge is 2.33. The van der Waals surface area contributed by atoms with Crippen molar-refractivity contribution in [1.82, 2.24) is 0 Å². The van der Waals surface area contributed by atoms with Crippen LogP contribution in [0.2, 0.25) is 0 Å². The average molecular weight is 380 g/mol. The highest BCUT2D eigenvalue weighted by atomic mass is 16.5. The van der Waals surface area contributed by atoms with Crippen molar-refractivity contribution < 1.29 is 19.1 Å². The fourth-order valence-electron chi connectivity index (χ4n) is 3.16. The molecule has 28 heavy (non-hydrogen) atoms.